The Kier molecular flexibility index (Phi) is 11.1. The van der Waals surface area contributed by atoms with Gasteiger partial charge < -0.3 is 34.8 Å². The van der Waals surface area contributed by atoms with Crippen LogP contribution >= 0.6 is 0 Å². The number of rotatable bonds is 11. The van der Waals surface area contributed by atoms with Crippen molar-refractivity contribution in [3.63, 3.8) is 0 Å². The van der Waals surface area contributed by atoms with E-state index in [1.54, 1.807) is 6.92 Å². The number of ether oxygens (including phenoxy) is 3. The monoisotopic (exact) mass is 377 g/mol. The van der Waals surface area contributed by atoms with Gasteiger partial charge in [0, 0.05) is 19.1 Å². The third-order valence-corrected chi connectivity index (χ3v) is 4.36. The highest BCUT2D eigenvalue weighted by Gasteiger charge is 2.42. The largest absolute Gasteiger partial charge is 0.449 e. The van der Waals surface area contributed by atoms with Crippen LogP contribution in [0.2, 0.25) is 0 Å². The van der Waals surface area contributed by atoms with Gasteiger partial charge in [0.15, 0.2) is 6.29 Å². The van der Waals surface area contributed by atoms with Gasteiger partial charge in [-0.3, -0.25) is 0 Å². The number of aliphatic hydroxyl groups is 3. The maximum Gasteiger partial charge on any atom is 0.407 e. The number of unbranched alkanes of at least 4 members (excludes halogenated alkanes) is 3. The molecule has 1 amide bonds. The lowest BCUT2D eigenvalue weighted by atomic mass is 9.92. The fourth-order valence-corrected chi connectivity index (χ4v) is 2.67. The standard InChI is InChI=1S/C18H35NO7/c1-12(2)11-25-18(23)19-8-6-4-5-7-9-24-17-13(3)15(21)16(22)14(10-20)26-17/h12-17,20-22H,4-11H2,1-3H3,(H,19,23)/t13?,14?,15-,16+,17-/m1/s1. The molecule has 0 aromatic carbocycles. The van der Waals surface area contributed by atoms with E-state index in [9.17, 15) is 20.1 Å². The van der Waals surface area contributed by atoms with E-state index < -0.39 is 24.6 Å². The van der Waals surface area contributed by atoms with Crippen LogP contribution in [0.1, 0.15) is 46.5 Å². The fraction of sp³-hybridized carbons (Fsp3) is 0.944. The lowest BCUT2D eigenvalue weighted by Gasteiger charge is -2.40. The van der Waals surface area contributed by atoms with Gasteiger partial charge in [-0.15, -0.1) is 0 Å². The minimum absolute atomic E-state index is 0.327. The summed E-state index contributed by atoms with van der Waals surface area (Å²) in [6, 6.07) is 0. The predicted molar refractivity (Wildman–Crippen MR) is 95.5 cm³/mol. The number of hydrogen-bond acceptors (Lipinski definition) is 7. The molecule has 8 nitrogen and oxygen atoms in total. The first-order valence-corrected chi connectivity index (χ1v) is 9.51. The molecule has 0 saturated carbocycles. The average Bonchev–Trinajstić information content (AvgIpc) is 2.61. The number of amides is 1. The molecule has 1 aliphatic heterocycles. The molecule has 1 fully saturated rings. The Morgan fingerprint density at radius 2 is 1.85 bits per heavy atom. The molecule has 4 N–H and O–H groups in total. The number of carbonyl (C=O) groups is 1. The summed E-state index contributed by atoms with van der Waals surface area (Å²) in [5.74, 6) is -0.0394. The van der Waals surface area contributed by atoms with Crippen molar-refractivity contribution in [2.75, 3.05) is 26.4 Å². The van der Waals surface area contributed by atoms with Gasteiger partial charge in [-0.1, -0.05) is 33.6 Å². The first kappa shape index (κ1) is 23.1. The number of hydrogen-bond donors (Lipinski definition) is 4. The number of aliphatic hydroxyl groups excluding tert-OH is 3. The van der Waals surface area contributed by atoms with Gasteiger partial charge in [0.05, 0.1) is 19.3 Å². The molecule has 1 aliphatic rings. The van der Waals surface area contributed by atoms with Gasteiger partial charge >= 0.3 is 6.09 Å². The van der Waals surface area contributed by atoms with Crippen LogP contribution in [-0.4, -0.2) is 72.4 Å². The molecule has 2 unspecified atom stereocenters. The van der Waals surface area contributed by atoms with E-state index in [0.717, 1.165) is 25.7 Å². The quantitative estimate of drug-likeness (QED) is 0.397. The molecule has 26 heavy (non-hydrogen) atoms. The molecule has 1 heterocycles. The molecule has 8 heteroatoms. The van der Waals surface area contributed by atoms with Crippen LogP contribution in [0.25, 0.3) is 0 Å². The molecule has 154 valence electrons. The molecule has 1 rings (SSSR count). The van der Waals surface area contributed by atoms with Crippen molar-refractivity contribution in [3.8, 4) is 0 Å². The summed E-state index contributed by atoms with van der Waals surface area (Å²) >= 11 is 0. The Labute approximate surface area is 155 Å². The van der Waals surface area contributed by atoms with E-state index in [1.165, 1.54) is 0 Å². The minimum Gasteiger partial charge on any atom is -0.449 e. The zero-order valence-electron chi connectivity index (χ0n) is 16.1. The lowest BCUT2D eigenvalue weighted by Crippen LogP contribution is -2.55. The number of alkyl carbamates (subject to hydrolysis) is 1. The highest BCUT2D eigenvalue weighted by molar-refractivity contribution is 5.66. The molecule has 0 spiro atoms. The highest BCUT2D eigenvalue weighted by atomic mass is 16.7. The molecular formula is C18H35NO7. The highest BCUT2D eigenvalue weighted by Crippen LogP contribution is 2.26. The summed E-state index contributed by atoms with van der Waals surface area (Å²) in [7, 11) is 0. The number of carbonyl (C=O) groups excluding carboxylic acids is 1. The van der Waals surface area contributed by atoms with Gasteiger partial charge in [-0.25, -0.2) is 4.79 Å². The first-order chi connectivity index (χ1) is 12.4. The fourth-order valence-electron chi connectivity index (χ4n) is 2.67. The first-order valence-electron chi connectivity index (χ1n) is 9.51. The SMILES string of the molecule is CC(C)COC(=O)NCCCCCCO[C@@H]1OC(CO)[C@H](O)[C@H](O)C1C. The van der Waals surface area contributed by atoms with Crippen molar-refractivity contribution in [2.24, 2.45) is 11.8 Å². The molecule has 0 aromatic heterocycles. The van der Waals surface area contributed by atoms with Crippen molar-refractivity contribution in [1.82, 2.24) is 5.32 Å². The Morgan fingerprint density at radius 1 is 1.15 bits per heavy atom. The van der Waals surface area contributed by atoms with Crippen molar-refractivity contribution in [1.29, 1.82) is 0 Å². The molecule has 1 saturated heterocycles. The van der Waals surface area contributed by atoms with Crippen LogP contribution < -0.4 is 5.32 Å². The zero-order chi connectivity index (χ0) is 19.5. The van der Waals surface area contributed by atoms with Crippen LogP contribution in [0.4, 0.5) is 4.79 Å². The van der Waals surface area contributed by atoms with Crippen molar-refractivity contribution in [3.05, 3.63) is 0 Å². The summed E-state index contributed by atoms with van der Waals surface area (Å²) in [5.41, 5.74) is 0. The topological polar surface area (TPSA) is 117 Å². The summed E-state index contributed by atoms with van der Waals surface area (Å²) in [6.45, 7) is 6.84. The summed E-state index contributed by atoms with van der Waals surface area (Å²) in [4.78, 5) is 11.4. The second-order valence-corrected chi connectivity index (χ2v) is 7.27. The zero-order valence-corrected chi connectivity index (χ0v) is 16.1. The second kappa shape index (κ2) is 12.5. The summed E-state index contributed by atoms with van der Waals surface area (Å²) < 4.78 is 16.2. The molecular weight excluding hydrogens is 342 g/mol. The predicted octanol–water partition coefficient (Wildman–Crippen LogP) is 1.02. The van der Waals surface area contributed by atoms with Crippen molar-refractivity contribution < 1.29 is 34.3 Å². The van der Waals surface area contributed by atoms with Crippen molar-refractivity contribution >= 4 is 6.09 Å². The molecule has 0 bridgehead atoms. The third kappa shape index (κ3) is 8.18. The van der Waals surface area contributed by atoms with Gasteiger partial charge in [0.2, 0.25) is 0 Å². The molecule has 0 aromatic rings. The maximum atomic E-state index is 11.4. The van der Waals surface area contributed by atoms with E-state index in [4.69, 9.17) is 14.2 Å². The lowest BCUT2D eigenvalue weighted by molar-refractivity contribution is -0.282. The van der Waals surface area contributed by atoms with Crippen LogP contribution in [0.5, 0.6) is 0 Å². The summed E-state index contributed by atoms with van der Waals surface area (Å²) in [5, 5.41) is 31.7. The Hall–Kier alpha value is -0.930. The van der Waals surface area contributed by atoms with Crippen molar-refractivity contribution in [2.45, 2.75) is 71.1 Å². The van der Waals surface area contributed by atoms with E-state index in [1.807, 2.05) is 13.8 Å². The molecule has 0 radical (unpaired) electrons. The minimum atomic E-state index is -1.10. The Morgan fingerprint density at radius 3 is 2.50 bits per heavy atom. The maximum absolute atomic E-state index is 11.4. The van der Waals surface area contributed by atoms with E-state index >= 15 is 0 Å². The van der Waals surface area contributed by atoms with Crippen LogP contribution in [0.15, 0.2) is 0 Å². The van der Waals surface area contributed by atoms with Gasteiger partial charge in [-0.2, -0.15) is 0 Å². The smallest absolute Gasteiger partial charge is 0.407 e. The van der Waals surface area contributed by atoms with E-state index in [2.05, 4.69) is 5.32 Å². The number of nitrogens with one attached hydrogen (secondary N) is 1. The third-order valence-electron chi connectivity index (χ3n) is 4.36. The Balaban J connectivity index is 2.06. The van der Waals surface area contributed by atoms with Crippen LogP contribution in [0, 0.1) is 11.8 Å². The van der Waals surface area contributed by atoms with Gasteiger partial charge in [0.1, 0.15) is 12.2 Å². The Bertz CT molecular complexity index is 392. The van der Waals surface area contributed by atoms with E-state index in [-0.39, 0.29) is 18.6 Å². The van der Waals surface area contributed by atoms with Gasteiger partial charge in [0.25, 0.3) is 0 Å². The van der Waals surface area contributed by atoms with E-state index in [0.29, 0.717) is 25.7 Å². The molecule has 0 aliphatic carbocycles. The second-order valence-electron chi connectivity index (χ2n) is 7.27. The summed E-state index contributed by atoms with van der Waals surface area (Å²) in [6.07, 6.45) is -0.326. The average molecular weight is 377 g/mol. The van der Waals surface area contributed by atoms with Gasteiger partial charge in [-0.05, 0) is 18.8 Å². The van der Waals surface area contributed by atoms with Crippen LogP contribution in [0.3, 0.4) is 0 Å². The normalized spacial score (nSPS) is 29.0. The van der Waals surface area contributed by atoms with Crippen LogP contribution in [-0.2, 0) is 14.2 Å². The molecule has 5 atom stereocenters.